The molecule has 0 saturated carbocycles. The Morgan fingerprint density at radius 1 is 1.28 bits per heavy atom. The van der Waals surface area contributed by atoms with Crippen LogP contribution in [0.15, 0.2) is 4.47 Å². The largest absolute Gasteiger partial charge is 0.383 e. The number of aromatic nitrogens is 2. The summed E-state index contributed by atoms with van der Waals surface area (Å²) in [6.07, 6.45) is -0.227. The number of rotatable bonds is 1. The zero-order valence-electron chi connectivity index (χ0n) is 10.9. The third-order valence-corrected chi connectivity index (χ3v) is 3.49. The number of nitrogens with two attached hydrogens (primary N) is 1. The number of ether oxygens (including phenoxy) is 2. The van der Waals surface area contributed by atoms with Gasteiger partial charge in [0.25, 0.3) is 0 Å². The maximum atomic E-state index is 5.93. The minimum absolute atomic E-state index is 0.111. The molecule has 2 rings (SSSR count). The molecule has 5 nitrogen and oxygen atoms in total. The Labute approximate surface area is 115 Å². The van der Waals surface area contributed by atoms with E-state index in [2.05, 4.69) is 46.7 Å². The predicted molar refractivity (Wildman–Crippen MR) is 72.4 cm³/mol. The normalized spacial score (nSPS) is 21.0. The standard InChI is InChI=1S/C12H18BrN3O2/c1-12(2,3)9-8(13)10(14)16-11(15-9)7-6-17-4-5-18-7/h7H,4-6H2,1-3H3,(H2,14,15,16). The topological polar surface area (TPSA) is 70.3 Å². The number of halogens is 1. The zero-order chi connectivity index (χ0) is 13.3. The molecule has 6 heteroatoms. The smallest absolute Gasteiger partial charge is 0.162 e. The van der Waals surface area contributed by atoms with Crippen molar-refractivity contribution in [3.8, 4) is 0 Å². The molecule has 1 aromatic rings. The molecule has 0 bridgehead atoms. The molecular weight excluding hydrogens is 298 g/mol. The summed E-state index contributed by atoms with van der Waals surface area (Å²) in [6.45, 7) is 7.92. The van der Waals surface area contributed by atoms with Crippen molar-refractivity contribution in [3.63, 3.8) is 0 Å². The monoisotopic (exact) mass is 315 g/mol. The van der Waals surface area contributed by atoms with Crippen LogP contribution in [0.5, 0.6) is 0 Å². The zero-order valence-corrected chi connectivity index (χ0v) is 12.5. The molecule has 1 unspecified atom stereocenters. The van der Waals surface area contributed by atoms with Crippen molar-refractivity contribution in [1.29, 1.82) is 0 Å². The lowest BCUT2D eigenvalue weighted by Gasteiger charge is -2.25. The van der Waals surface area contributed by atoms with E-state index >= 15 is 0 Å². The molecule has 18 heavy (non-hydrogen) atoms. The Bertz CT molecular complexity index is 440. The van der Waals surface area contributed by atoms with Crippen molar-refractivity contribution in [3.05, 3.63) is 16.0 Å². The summed E-state index contributed by atoms with van der Waals surface area (Å²) in [6, 6.07) is 0. The molecular formula is C12H18BrN3O2. The fourth-order valence-corrected chi connectivity index (χ4v) is 2.53. The molecule has 1 fully saturated rings. The first kappa shape index (κ1) is 13.7. The highest BCUT2D eigenvalue weighted by Crippen LogP contribution is 2.32. The molecule has 2 N–H and O–H groups in total. The van der Waals surface area contributed by atoms with E-state index in [0.717, 1.165) is 10.2 Å². The summed E-state index contributed by atoms with van der Waals surface area (Å²) in [7, 11) is 0. The fraction of sp³-hybridized carbons (Fsp3) is 0.667. The highest BCUT2D eigenvalue weighted by molar-refractivity contribution is 9.10. The number of nitrogens with zero attached hydrogens (tertiary/aromatic N) is 2. The molecule has 0 spiro atoms. The first-order valence-corrected chi connectivity index (χ1v) is 6.71. The van der Waals surface area contributed by atoms with Gasteiger partial charge in [0.15, 0.2) is 5.82 Å². The van der Waals surface area contributed by atoms with Gasteiger partial charge in [-0.1, -0.05) is 20.8 Å². The van der Waals surface area contributed by atoms with E-state index in [1.807, 2.05) is 0 Å². The van der Waals surface area contributed by atoms with Crippen LogP contribution >= 0.6 is 15.9 Å². The Balaban J connectivity index is 2.40. The van der Waals surface area contributed by atoms with Crippen LogP contribution in [0, 0.1) is 0 Å². The second-order valence-corrected chi connectivity index (χ2v) is 6.11. The molecule has 100 valence electrons. The van der Waals surface area contributed by atoms with Crippen LogP contribution in [0.1, 0.15) is 38.4 Å². The summed E-state index contributed by atoms with van der Waals surface area (Å²) >= 11 is 3.45. The molecule has 2 heterocycles. The Kier molecular flexibility index (Phi) is 3.89. The van der Waals surface area contributed by atoms with E-state index in [0.29, 0.717) is 31.5 Å². The van der Waals surface area contributed by atoms with Gasteiger partial charge in [-0.15, -0.1) is 0 Å². The molecule has 0 aromatic carbocycles. The van der Waals surface area contributed by atoms with Gasteiger partial charge in [-0.25, -0.2) is 9.97 Å². The van der Waals surface area contributed by atoms with Crippen LogP contribution in [-0.2, 0) is 14.9 Å². The average Bonchev–Trinajstić information content (AvgIpc) is 2.32. The Morgan fingerprint density at radius 3 is 2.56 bits per heavy atom. The number of anilines is 1. The van der Waals surface area contributed by atoms with Gasteiger partial charge < -0.3 is 15.2 Å². The van der Waals surface area contributed by atoms with Crippen LogP contribution in [0.4, 0.5) is 5.82 Å². The SMILES string of the molecule is CC(C)(C)c1nc(C2COCCO2)nc(N)c1Br. The van der Waals surface area contributed by atoms with Gasteiger partial charge in [0.05, 0.1) is 30.0 Å². The minimum atomic E-state index is -0.227. The summed E-state index contributed by atoms with van der Waals surface area (Å²) in [5.74, 6) is 1.04. The minimum Gasteiger partial charge on any atom is -0.383 e. The number of hydrogen-bond donors (Lipinski definition) is 1. The van der Waals surface area contributed by atoms with E-state index in [1.165, 1.54) is 0 Å². The van der Waals surface area contributed by atoms with Crippen molar-refractivity contribution in [2.75, 3.05) is 25.6 Å². The maximum absolute atomic E-state index is 5.93. The molecule has 0 aliphatic carbocycles. The van der Waals surface area contributed by atoms with Crippen molar-refractivity contribution < 1.29 is 9.47 Å². The van der Waals surface area contributed by atoms with Crippen molar-refractivity contribution >= 4 is 21.7 Å². The van der Waals surface area contributed by atoms with E-state index < -0.39 is 0 Å². The highest BCUT2D eigenvalue weighted by atomic mass is 79.9. The van der Waals surface area contributed by atoms with Gasteiger partial charge in [0.2, 0.25) is 0 Å². The molecule has 1 aliphatic rings. The van der Waals surface area contributed by atoms with Crippen molar-refractivity contribution in [2.24, 2.45) is 0 Å². The summed E-state index contributed by atoms with van der Waals surface area (Å²) in [5.41, 5.74) is 6.71. The number of hydrogen-bond acceptors (Lipinski definition) is 5. The van der Waals surface area contributed by atoms with Crippen LogP contribution in [-0.4, -0.2) is 29.8 Å². The molecule has 0 radical (unpaired) electrons. The van der Waals surface area contributed by atoms with Crippen molar-refractivity contribution in [2.45, 2.75) is 32.3 Å². The van der Waals surface area contributed by atoms with Gasteiger partial charge in [-0.2, -0.15) is 0 Å². The van der Waals surface area contributed by atoms with E-state index in [4.69, 9.17) is 15.2 Å². The molecule has 1 atom stereocenters. The maximum Gasteiger partial charge on any atom is 0.162 e. The van der Waals surface area contributed by atoms with E-state index in [-0.39, 0.29) is 11.5 Å². The Hall–Kier alpha value is -0.720. The lowest BCUT2D eigenvalue weighted by molar-refractivity contribution is -0.0936. The third kappa shape index (κ3) is 2.81. The quantitative estimate of drug-likeness (QED) is 0.860. The van der Waals surface area contributed by atoms with Gasteiger partial charge in [-0.05, 0) is 15.9 Å². The van der Waals surface area contributed by atoms with E-state index in [1.54, 1.807) is 0 Å². The second-order valence-electron chi connectivity index (χ2n) is 5.31. The van der Waals surface area contributed by atoms with Gasteiger partial charge >= 0.3 is 0 Å². The first-order valence-electron chi connectivity index (χ1n) is 5.92. The van der Waals surface area contributed by atoms with Crippen LogP contribution < -0.4 is 5.73 Å². The number of nitrogen functional groups attached to an aromatic ring is 1. The van der Waals surface area contributed by atoms with Crippen LogP contribution in [0.25, 0.3) is 0 Å². The third-order valence-electron chi connectivity index (χ3n) is 2.71. The lowest BCUT2D eigenvalue weighted by atomic mass is 9.92. The predicted octanol–water partition coefficient (Wildman–Crippen LogP) is 2.21. The molecule has 1 aromatic heterocycles. The summed E-state index contributed by atoms with van der Waals surface area (Å²) in [4.78, 5) is 8.87. The van der Waals surface area contributed by atoms with Gasteiger partial charge in [0.1, 0.15) is 11.9 Å². The Morgan fingerprint density at radius 2 is 2.00 bits per heavy atom. The van der Waals surface area contributed by atoms with Gasteiger partial charge in [0, 0.05) is 5.41 Å². The average molecular weight is 316 g/mol. The molecule has 1 saturated heterocycles. The molecule has 0 amide bonds. The lowest BCUT2D eigenvalue weighted by Crippen LogP contribution is -2.26. The van der Waals surface area contributed by atoms with E-state index in [9.17, 15) is 0 Å². The van der Waals surface area contributed by atoms with Gasteiger partial charge in [-0.3, -0.25) is 0 Å². The molecule has 1 aliphatic heterocycles. The van der Waals surface area contributed by atoms with Crippen molar-refractivity contribution in [1.82, 2.24) is 9.97 Å². The second kappa shape index (κ2) is 5.11. The summed E-state index contributed by atoms with van der Waals surface area (Å²) < 4.78 is 11.7. The van der Waals surface area contributed by atoms with Crippen LogP contribution in [0.3, 0.4) is 0 Å². The van der Waals surface area contributed by atoms with Crippen LogP contribution in [0.2, 0.25) is 0 Å². The summed E-state index contributed by atoms with van der Waals surface area (Å²) in [5, 5.41) is 0. The highest BCUT2D eigenvalue weighted by Gasteiger charge is 2.26. The first-order chi connectivity index (χ1) is 8.39. The fourth-order valence-electron chi connectivity index (χ4n) is 1.76.